The van der Waals surface area contributed by atoms with Crippen molar-refractivity contribution in [1.82, 2.24) is 15.5 Å². The second kappa shape index (κ2) is 10.8. The third kappa shape index (κ3) is 6.48. The summed E-state index contributed by atoms with van der Waals surface area (Å²) < 4.78 is 16.4. The first-order valence-corrected chi connectivity index (χ1v) is 9.80. The third-order valence-corrected chi connectivity index (χ3v) is 4.13. The number of nitrogens with one attached hydrogen (secondary N) is 1. The van der Waals surface area contributed by atoms with E-state index >= 15 is 0 Å². The normalized spacial score (nSPS) is 10.3. The maximum atomic E-state index is 11.9. The predicted octanol–water partition coefficient (Wildman–Crippen LogP) is 3.42. The van der Waals surface area contributed by atoms with E-state index in [2.05, 4.69) is 15.5 Å². The van der Waals surface area contributed by atoms with Gasteiger partial charge in [-0.2, -0.15) is 0 Å². The number of hydrogen-bond acceptors (Lipinski definition) is 6. The minimum absolute atomic E-state index is 0.0416. The Morgan fingerprint density at radius 2 is 1.77 bits per heavy atom. The highest BCUT2D eigenvalue weighted by molar-refractivity contribution is 5.77. The summed E-state index contributed by atoms with van der Waals surface area (Å²) in [4.78, 5) is 11.9. The van der Waals surface area contributed by atoms with E-state index in [0.717, 1.165) is 22.6 Å². The maximum absolute atomic E-state index is 11.9. The van der Waals surface area contributed by atoms with Crippen LogP contribution in [0.15, 0.2) is 60.7 Å². The van der Waals surface area contributed by atoms with Gasteiger partial charge in [-0.25, -0.2) is 0 Å². The Hall–Kier alpha value is -3.61. The molecular weight excluding hydrogens is 382 g/mol. The highest BCUT2D eigenvalue weighted by atomic mass is 16.5. The van der Waals surface area contributed by atoms with E-state index in [-0.39, 0.29) is 19.1 Å². The number of carbonyl (C=O) groups is 1. The molecule has 3 rings (SSSR count). The first-order valence-electron chi connectivity index (χ1n) is 9.80. The van der Waals surface area contributed by atoms with E-state index in [1.807, 2.05) is 68.4 Å². The monoisotopic (exact) mass is 407 g/mol. The second-order valence-corrected chi connectivity index (χ2v) is 6.52. The zero-order valence-corrected chi connectivity index (χ0v) is 17.1. The van der Waals surface area contributed by atoms with E-state index in [1.54, 1.807) is 6.07 Å². The number of amides is 1. The van der Waals surface area contributed by atoms with E-state index in [0.29, 0.717) is 24.8 Å². The molecule has 1 N–H and O–H groups in total. The van der Waals surface area contributed by atoms with Crippen LogP contribution in [0.4, 0.5) is 0 Å². The van der Waals surface area contributed by atoms with Gasteiger partial charge in [-0.15, -0.1) is 10.2 Å². The molecule has 2 aromatic carbocycles. The highest BCUT2D eigenvalue weighted by Gasteiger charge is 2.05. The smallest absolute Gasteiger partial charge is 0.258 e. The van der Waals surface area contributed by atoms with Gasteiger partial charge in [0.1, 0.15) is 18.1 Å². The molecule has 156 valence electrons. The van der Waals surface area contributed by atoms with Gasteiger partial charge in [0.2, 0.25) is 5.88 Å². The van der Waals surface area contributed by atoms with Crippen molar-refractivity contribution in [3.8, 4) is 28.6 Å². The number of rotatable bonds is 10. The van der Waals surface area contributed by atoms with Crippen LogP contribution in [0.3, 0.4) is 0 Å². The highest BCUT2D eigenvalue weighted by Crippen LogP contribution is 2.21. The van der Waals surface area contributed by atoms with E-state index in [4.69, 9.17) is 14.2 Å². The van der Waals surface area contributed by atoms with E-state index in [9.17, 15) is 4.79 Å². The summed E-state index contributed by atoms with van der Waals surface area (Å²) in [5.74, 6) is 1.68. The second-order valence-electron chi connectivity index (χ2n) is 6.52. The van der Waals surface area contributed by atoms with E-state index in [1.165, 1.54) is 0 Å². The molecule has 1 heterocycles. The predicted molar refractivity (Wildman–Crippen MR) is 114 cm³/mol. The van der Waals surface area contributed by atoms with Crippen molar-refractivity contribution in [2.75, 3.05) is 26.4 Å². The Bertz CT molecular complexity index is 943. The summed E-state index contributed by atoms with van der Waals surface area (Å²) in [5, 5.41) is 11.0. The van der Waals surface area contributed by atoms with Gasteiger partial charge in [-0.1, -0.05) is 12.1 Å². The van der Waals surface area contributed by atoms with Crippen LogP contribution in [0, 0.1) is 6.92 Å². The molecule has 0 spiro atoms. The number of aromatic nitrogens is 2. The molecule has 30 heavy (non-hydrogen) atoms. The number of benzene rings is 2. The SMILES string of the molecule is CCOc1ccc(-c2ccc(OCCNC(=O)COc3cccc(C)c3)nn2)cc1. The van der Waals surface area contributed by atoms with E-state index < -0.39 is 0 Å². The Kier molecular flexibility index (Phi) is 7.60. The van der Waals surface area contributed by atoms with Crippen molar-refractivity contribution in [1.29, 1.82) is 0 Å². The van der Waals surface area contributed by atoms with Crippen molar-refractivity contribution < 1.29 is 19.0 Å². The molecule has 0 atom stereocenters. The molecule has 0 bridgehead atoms. The van der Waals surface area contributed by atoms with Gasteiger partial charge >= 0.3 is 0 Å². The molecule has 7 nitrogen and oxygen atoms in total. The van der Waals surface area contributed by atoms with Gasteiger partial charge in [0.05, 0.1) is 18.8 Å². The third-order valence-electron chi connectivity index (χ3n) is 4.13. The topological polar surface area (TPSA) is 82.6 Å². The minimum Gasteiger partial charge on any atom is -0.494 e. The Balaban J connectivity index is 1.38. The Labute approximate surface area is 176 Å². The summed E-state index contributed by atoms with van der Waals surface area (Å²) in [7, 11) is 0. The van der Waals surface area contributed by atoms with Gasteiger partial charge < -0.3 is 19.5 Å². The van der Waals surface area contributed by atoms with Crippen molar-refractivity contribution in [2.45, 2.75) is 13.8 Å². The van der Waals surface area contributed by atoms with Crippen molar-refractivity contribution in [3.05, 3.63) is 66.2 Å². The average molecular weight is 407 g/mol. The number of hydrogen-bond donors (Lipinski definition) is 1. The standard InChI is InChI=1S/C23H25N3O4/c1-3-28-19-9-7-18(8-10-19)21-11-12-23(26-25-21)29-14-13-24-22(27)16-30-20-6-4-5-17(2)15-20/h4-12,15H,3,13-14,16H2,1-2H3,(H,24,27). The lowest BCUT2D eigenvalue weighted by atomic mass is 10.1. The Morgan fingerprint density at radius 1 is 0.933 bits per heavy atom. The van der Waals surface area contributed by atoms with Crippen LogP contribution in [0.2, 0.25) is 0 Å². The number of carbonyl (C=O) groups excluding carboxylic acids is 1. The average Bonchev–Trinajstić information content (AvgIpc) is 2.77. The lowest BCUT2D eigenvalue weighted by Crippen LogP contribution is -2.32. The largest absolute Gasteiger partial charge is 0.494 e. The molecule has 0 unspecified atom stereocenters. The minimum atomic E-state index is -0.211. The van der Waals surface area contributed by atoms with Gasteiger partial charge in [0, 0.05) is 11.6 Å². The quantitative estimate of drug-likeness (QED) is 0.519. The van der Waals surface area contributed by atoms with Crippen LogP contribution in [0.5, 0.6) is 17.4 Å². The van der Waals surface area contributed by atoms with Gasteiger partial charge in [0.15, 0.2) is 6.61 Å². The molecule has 0 saturated carbocycles. The zero-order valence-electron chi connectivity index (χ0n) is 17.1. The van der Waals surface area contributed by atoms with Crippen LogP contribution >= 0.6 is 0 Å². The summed E-state index contributed by atoms with van der Waals surface area (Å²) in [6, 6.07) is 18.8. The Morgan fingerprint density at radius 3 is 2.47 bits per heavy atom. The molecule has 1 aromatic heterocycles. The van der Waals surface area contributed by atoms with Gasteiger partial charge in [-0.3, -0.25) is 4.79 Å². The van der Waals surface area contributed by atoms with Crippen molar-refractivity contribution >= 4 is 5.91 Å². The van der Waals surface area contributed by atoms with Crippen LogP contribution < -0.4 is 19.5 Å². The molecule has 0 aliphatic heterocycles. The lowest BCUT2D eigenvalue weighted by Gasteiger charge is -2.09. The molecular formula is C23H25N3O4. The molecule has 0 radical (unpaired) electrons. The molecule has 7 heteroatoms. The zero-order chi connectivity index (χ0) is 21.2. The summed E-state index contributed by atoms with van der Waals surface area (Å²) >= 11 is 0. The number of aryl methyl sites for hydroxylation is 1. The van der Waals surface area contributed by atoms with Crippen LogP contribution in [0.25, 0.3) is 11.3 Å². The summed E-state index contributed by atoms with van der Waals surface area (Å²) in [6.45, 7) is 5.14. The number of ether oxygens (including phenoxy) is 3. The first kappa shape index (κ1) is 21.1. The maximum Gasteiger partial charge on any atom is 0.258 e. The van der Waals surface area contributed by atoms with Crippen LogP contribution in [-0.4, -0.2) is 42.5 Å². The molecule has 0 aliphatic carbocycles. The first-order chi connectivity index (χ1) is 14.6. The molecule has 0 saturated heterocycles. The molecule has 1 amide bonds. The summed E-state index contributed by atoms with van der Waals surface area (Å²) in [5.41, 5.74) is 2.77. The van der Waals surface area contributed by atoms with Crippen LogP contribution in [-0.2, 0) is 4.79 Å². The molecule has 0 aliphatic rings. The van der Waals surface area contributed by atoms with Crippen molar-refractivity contribution in [3.63, 3.8) is 0 Å². The fraction of sp³-hybridized carbons (Fsp3) is 0.261. The number of nitrogens with zero attached hydrogens (tertiary/aromatic N) is 2. The summed E-state index contributed by atoms with van der Waals surface area (Å²) in [6.07, 6.45) is 0. The molecule has 0 fully saturated rings. The van der Waals surface area contributed by atoms with Crippen LogP contribution in [0.1, 0.15) is 12.5 Å². The lowest BCUT2D eigenvalue weighted by molar-refractivity contribution is -0.123. The fourth-order valence-corrected chi connectivity index (χ4v) is 2.69. The fourth-order valence-electron chi connectivity index (χ4n) is 2.69. The molecule has 3 aromatic rings. The van der Waals surface area contributed by atoms with Crippen molar-refractivity contribution in [2.24, 2.45) is 0 Å². The van der Waals surface area contributed by atoms with Gasteiger partial charge in [0.25, 0.3) is 5.91 Å². The van der Waals surface area contributed by atoms with Gasteiger partial charge in [-0.05, 0) is 61.9 Å².